The fourth-order valence-corrected chi connectivity index (χ4v) is 3.79. The number of nitrogens with zero attached hydrogens (tertiary/aromatic N) is 3. The van der Waals surface area contributed by atoms with Gasteiger partial charge in [0, 0.05) is 12.1 Å². The molecule has 1 amide bonds. The first-order chi connectivity index (χ1) is 10.7. The van der Waals surface area contributed by atoms with Gasteiger partial charge in [0.05, 0.1) is 0 Å². The van der Waals surface area contributed by atoms with Crippen LogP contribution in [0, 0.1) is 0 Å². The molecule has 0 heterocycles. The van der Waals surface area contributed by atoms with E-state index in [4.69, 9.17) is 5.21 Å². The highest BCUT2D eigenvalue weighted by Gasteiger charge is 2.35. The lowest BCUT2D eigenvalue weighted by molar-refractivity contribution is -0.130. The summed E-state index contributed by atoms with van der Waals surface area (Å²) in [4.78, 5) is 14.8. The molecule has 0 unspecified atom stereocenters. The molecule has 0 aromatic rings. The molecule has 124 valence electrons. The predicted molar refractivity (Wildman–Crippen MR) is 84.7 cm³/mol. The highest BCUT2D eigenvalue weighted by molar-refractivity contribution is 6.66. The topological polar surface area (TPSA) is 85.5 Å². The number of hydrogen-bond donors (Lipinski definition) is 2. The quantitative estimate of drug-likeness (QED) is 0.475. The minimum Gasteiger partial charge on any atom is -0.411 e. The Labute approximate surface area is 131 Å². The number of rotatable bonds is 4. The monoisotopic (exact) mass is 309 g/mol. The van der Waals surface area contributed by atoms with Gasteiger partial charge >= 0.3 is 0 Å². The first-order valence-corrected chi connectivity index (χ1v) is 8.42. The van der Waals surface area contributed by atoms with Crippen molar-refractivity contribution in [2.24, 2.45) is 10.3 Å². The summed E-state index contributed by atoms with van der Waals surface area (Å²) in [6.07, 6.45) is 11.0. The molecular weight excluding hydrogens is 282 g/mol. The van der Waals surface area contributed by atoms with Crippen molar-refractivity contribution in [1.82, 2.24) is 4.90 Å². The predicted octanol–water partition coefficient (Wildman–Crippen LogP) is 3.16. The van der Waals surface area contributed by atoms with Crippen molar-refractivity contribution in [2.75, 3.05) is 0 Å². The molecule has 2 fully saturated rings. The molecule has 2 rings (SSSR count). The molecule has 2 aliphatic rings. The second-order valence-corrected chi connectivity index (χ2v) is 6.43. The Balaban J connectivity index is 2.23. The lowest BCUT2D eigenvalue weighted by atomic mass is 9.88. The van der Waals surface area contributed by atoms with Gasteiger partial charge in [-0.2, -0.15) is 0 Å². The van der Waals surface area contributed by atoms with Gasteiger partial charge in [-0.3, -0.25) is 4.79 Å². The van der Waals surface area contributed by atoms with E-state index in [1.165, 1.54) is 19.8 Å². The minimum absolute atomic E-state index is 0.0594. The van der Waals surface area contributed by atoms with E-state index in [-0.39, 0.29) is 29.4 Å². The minimum atomic E-state index is -0.295. The summed E-state index contributed by atoms with van der Waals surface area (Å²) in [6, 6.07) is 0.431. The molecule has 2 aliphatic carbocycles. The fourth-order valence-electron chi connectivity index (χ4n) is 3.79. The first-order valence-electron chi connectivity index (χ1n) is 8.42. The molecule has 22 heavy (non-hydrogen) atoms. The summed E-state index contributed by atoms with van der Waals surface area (Å²) >= 11 is 0. The zero-order valence-corrected chi connectivity index (χ0v) is 13.4. The van der Waals surface area contributed by atoms with E-state index in [1.807, 2.05) is 4.90 Å². The molecule has 0 atom stereocenters. The molecule has 0 aromatic carbocycles. The van der Waals surface area contributed by atoms with Gasteiger partial charge in [0.1, 0.15) is 5.71 Å². The van der Waals surface area contributed by atoms with E-state index < -0.39 is 0 Å². The highest BCUT2D eigenvalue weighted by Crippen LogP contribution is 2.30. The Morgan fingerprint density at radius 2 is 1.32 bits per heavy atom. The van der Waals surface area contributed by atoms with E-state index in [1.54, 1.807) is 0 Å². The molecule has 0 saturated heterocycles. The van der Waals surface area contributed by atoms with Crippen LogP contribution in [0.4, 0.5) is 0 Å². The Kier molecular flexibility index (Phi) is 6.21. The number of hydrogen-bond acceptors (Lipinski definition) is 5. The fraction of sp³-hybridized carbons (Fsp3) is 0.812. The van der Waals surface area contributed by atoms with Gasteiger partial charge in [-0.05, 0) is 32.6 Å². The summed E-state index contributed by atoms with van der Waals surface area (Å²) in [6.45, 7) is 1.48. The normalized spacial score (nSPS) is 22.6. The van der Waals surface area contributed by atoms with Crippen molar-refractivity contribution in [3.63, 3.8) is 0 Å². The maximum absolute atomic E-state index is 12.9. The van der Waals surface area contributed by atoms with Gasteiger partial charge in [0.2, 0.25) is 0 Å². The number of amides is 1. The Hall–Kier alpha value is -1.59. The Morgan fingerprint density at radius 3 is 1.68 bits per heavy atom. The summed E-state index contributed by atoms with van der Waals surface area (Å²) in [7, 11) is 0. The van der Waals surface area contributed by atoms with E-state index >= 15 is 0 Å². The molecule has 0 radical (unpaired) electrons. The van der Waals surface area contributed by atoms with Crippen molar-refractivity contribution in [2.45, 2.75) is 83.2 Å². The van der Waals surface area contributed by atoms with Crippen LogP contribution in [0.1, 0.15) is 71.1 Å². The lowest BCUT2D eigenvalue weighted by Crippen LogP contribution is -2.52. The zero-order valence-electron chi connectivity index (χ0n) is 13.4. The van der Waals surface area contributed by atoms with Crippen molar-refractivity contribution < 1.29 is 15.2 Å². The number of carbonyl (C=O) groups is 1. The van der Waals surface area contributed by atoms with E-state index in [0.29, 0.717) is 0 Å². The molecular formula is C16H27N3O3. The van der Waals surface area contributed by atoms with Crippen LogP contribution in [0.2, 0.25) is 0 Å². The number of oxime groups is 2. The van der Waals surface area contributed by atoms with Crippen LogP contribution in [-0.4, -0.2) is 44.7 Å². The van der Waals surface area contributed by atoms with Crippen LogP contribution < -0.4 is 0 Å². The Morgan fingerprint density at radius 1 is 0.864 bits per heavy atom. The van der Waals surface area contributed by atoms with Crippen LogP contribution in [0.15, 0.2) is 10.3 Å². The maximum atomic E-state index is 12.9. The maximum Gasteiger partial charge on any atom is 0.278 e. The molecule has 6 heteroatoms. The van der Waals surface area contributed by atoms with E-state index in [2.05, 4.69) is 10.3 Å². The average Bonchev–Trinajstić information content (AvgIpc) is 2.57. The van der Waals surface area contributed by atoms with Crippen molar-refractivity contribution in [1.29, 1.82) is 0 Å². The van der Waals surface area contributed by atoms with Crippen LogP contribution in [0.5, 0.6) is 0 Å². The van der Waals surface area contributed by atoms with Gasteiger partial charge in [0.15, 0.2) is 5.71 Å². The summed E-state index contributed by atoms with van der Waals surface area (Å²) < 4.78 is 0. The molecule has 2 saturated carbocycles. The third-order valence-electron chi connectivity index (χ3n) is 4.97. The lowest BCUT2D eigenvalue weighted by Gasteiger charge is -2.41. The molecule has 0 bridgehead atoms. The van der Waals surface area contributed by atoms with Crippen molar-refractivity contribution >= 4 is 17.3 Å². The number of carbonyl (C=O) groups excluding carboxylic acids is 1. The molecule has 6 nitrogen and oxygen atoms in total. The smallest absolute Gasteiger partial charge is 0.278 e. The summed E-state index contributed by atoms with van der Waals surface area (Å²) in [5.74, 6) is -0.295. The SMILES string of the molecule is CC(=N\O)/C(=N\O)C(=O)N(C1CCCCC1)C1CCCCC1. The van der Waals surface area contributed by atoms with Crippen LogP contribution in [0.3, 0.4) is 0 Å². The van der Waals surface area contributed by atoms with Gasteiger partial charge < -0.3 is 15.3 Å². The van der Waals surface area contributed by atoms with Crippen LogP contribution in [0.25, 0.3) is 0 Å². The molecule has 0 aliphatic heterocycles. The third kappa shape index (κ3) is 3.78. The zero-order chi connectivity index (χ0) is 15.9. The second-order valence-electron chi connectivity index (χ2n) is 6.43. The third-order valence-corrected chi connectivity index (χ3v) is 4.97. The summed E-state index contributed by atoms with van der Waals surface area (Å²) in [5.41, 5.74) is -0.0808. The van der Waals surface area contributed by atoms with Crippen molar-refractivity contribution in [3.05, 3.63) is 0 Å². The van der Waals surface area contributed by atoms with Gasteiger partial charge in [-0.1, -0.05) is 48.8 Å². The molecule has 0 aromatic heterocycles. The average molecular weight is 309 g/mol. The first kappa shape index (κ1) is 16.8. The van der Waals surface area contributed by atoms with E-state index in [0.717, 1.165) is 51.4 Å². The Bertz CT molecular complexity index is 418. The van der Waals surface area contributed by atoms with Crippen LogP contribution >= 0.6 is 0 Å². The van der Waals surface area contributed by atoms with Gasteiger partial charge in [-0.25, -0.2) is 0 Å². The molecule has 2 N–H and O–H groups in total. The standard InChI is InChI=1S/C16H27N3O3/c1-12(17-21)15(18-22)16(20)19(13-8-4-2-5-9-13)14-10-6-3-7-11-14/h13-14,21-22H,2-11H2,1H3/b17-12+,18-15+. The second kappa shape index (κ2) is 8.15. The van der Waals surface area contributed by atoms with Gasteiger partial charge in [0.25, 0.3) is 5.91 Å². The van der Waals surface area contributed by atoms with Crippen LogP contribution in [-0.2, 0) is 4.79 Å². The van der Waals surface area contributed by atoms with Gasteiger partial charge in [-0.15, -0.1) is 0 Å². The van der Waals surface area contributed by atoms with Crippen molar-refractivity contribution in [3.8, 4) is 0 Å². The summed E-state index contributed by atoms with van der Waals surface area (Å²) in [5, 5.41) is 24.2. The largest absolute Gasteiger partial charge is 0.411 e. The van der Waals surface area contributed by atoms with E-state index in [9.17, 15) is 10.0 Å². The highest BCUT2D eigenvalue weighted by atomic mass is 16.4. The molecule has 0 spiro atoms.